The zero-order valence-corrected chi connectivity index (χ0v) is 9.95. The second kappa shape index (κ2) is 5.02. The number of ether oxygens (including phenoxy) is 1. The number of nitrogens with zero attached hydrogens (tertiary/aromatic N) is 3. The lowest BCUT2D eigenvalue weighted by Crippen LogP contribution is -2.20. The molecule has 0 spiro atoms. The summed E-state index contributed by atoms with van der Waals surface area (Å²) >= 11 is 0. The van der Waals surface area contributed by atoms with Gasteiger partial charge in [0.25, 0.3) is 0 Å². The smallest absolute Gasteiger partial charge is 0.236 e. The molecule has 86 valence electrons. The van der Waals surface area contributed by atoms with Gasteiger partial charge in [-0.2, -0.15) is 5.10 Å². The third-order valence-corrected chi connectivity index (χ3v) is 2.20. The molecule has 0 bridgehead atoms. The summed E-state index contributed by atoms with van der Waals surface area (Å²) in [5.74, 6) is 0.692. The van der Waals surface area contributed by atoms with Crippen molar-refractivity contribution in [2.75, 3.05) is 33.0 Å². The lowest BCUT2D eigenvalue weighted by atomic mass is 10.4. The van der Waals surface area contributed by atoms with E-state index in [1.807, 2.05) is 27.9 Å². The number of nitrogen functional groups attached to an aromatic ring is 1. The summed E-state index contributed by atoms with van der Waals surface area (Å²) in [6.45, 7) is 6.18. The molecular weight excluding hydrogens is 192 g/mol. The van der Waals surface area contributed by atoms with Gasteiger partial charge in [0.1, 0.15) is 12.3 Å². The molecule has 0 radical (unpaired) electrons. The van der Waals surface area contributed by atoms with Crippen molar-refractivity contribution in [1.29, 1.82) is 0 Å². The van der Waals surface area contributed by atoms with E-state index in [1.165, 1.54) is 0 Å². The molecule has 0 amide bonds. The van der Waals surface area contributed by atoms with E-state index >= 15 is 0 Å². The van der Waals surface area contributed by atoms with Gasteiger partial charge in [-0.25, -0.2) is 4.68 Å². The number of hydrogen-bond acceptors (Lipinski definition) is 4. The van der Waals surface area contributed by atoms with Crippen LogP contribution in [0, 0.1) is 6.92 Å². The number of likely N-dealkylation sites (N-methyl/N-ethyl adjacent to an activating group) is 1. The minimum Gasteiger partial charge on any atom is -0.475 e. The molecule has 0 aliphatic rings. The van der Waals surface area contributed by atoms with Crippen molar-refractivity contribution < 1.29 is 4.74 Å². The number of nitrogens with two attached hydrogens (primary N) is 1. The Morgan fingerprint density at radius 2 is 2.13 bits per heavy atom. The van der Waals surface area contributed by atoms with E-state index in [0.717, 1.165) is 18.8 Å². The molecule has 0 aliphatic carbocycles. The Morgan fingerprint density at radius 3 is 2.67 bits per heavy atom. The summed E-state index contributed by atoms with van der Waals surface area (Å²) in [6, 6.07) is 0. The maximum atomic E-state index is 5.87. The average molecular weight is 212 g/mol. The molecule has 0 saturated heterocycles. The molecule has 15 heavy (non-hydrogen) atoms. The van der Waals surface area contributed by atoms with Crippen LogP contribution in [-0.2, 0) is 6.54 Å². The molecule has 5 nitrogen and oxygen atoms in total. The van der Waals surface area contributed by atoms with Crippen molar-refractivity contribution in [1.82, 2.24) is 14.7 Å². The predicted molar refractivity (Wildman–Crippen MR) is 61.1 cm³/mol. The maximum absolute atomic E-state index is 5.87. The van der Waals surface area contributed by atoms with Gasteiger partial charge in [-0.05, 0) is 27.9 Å². The Kier molecular flexibility index (Phi) is 3.96. The van der Waals surface area contributed by atoms with Gasteiger partial charge in [0.2, 0.25) is 5.88 Å². The molecule has 5 heteroatoms. The van der Waals surface area contributed by atoms with Crippen LogP contribution in [0.3, 0.4) is 0 Å². The van der Waals surface area contributed by atoms with E-state index in [9.17, 15) is 0 Å². The van der Waals surface area contributed by atoms with Gasteiger partial charge < -0.3 is 15.4 Å². The highest BCUT2D eigenvalue weighted by Crippen LogP contribution is 2.24. The second-order valence-electron chi connectivity index (χ2n) is 3.77. The molecule has 0 atom stereocenters. The molecule has 2 N–H and O–H groups in total. The van der Waals surface area contributed by atoms with Crippen molar-refractivity contribution in [3.8, 4) is 5.88 Å². The topological polar surface area (TPSA) is 56.3 Å². The zero-order chi connectivity index (χ0) is 11.4. The van der Waals surface area contributed by atoms with Crippen molar-refractivity contribution in [3.05, 3.63) is 5.69 Å². The largest absolute Gasteiger partial charge is 0.475 e. The Morgan fingerprint density at radius 1 is 1.47 bits per heavy atom. The van der Waals surface area contributed by atoms with Crippen molar-refractivity contribution in [3.63, 3.8) is 0 Å². The fourth-order valence-corrected chi connectivity index (χ4v) is 1.27. The first-order valence-electron chi connectivity index (χ1n) is 5.16. The number of aromatic nitrogens is 2. The SMILES string of the molecule is CCn1nc(C)c(N)c1OCCN(C)C. The maximum Gasteiger partial charge on any atom is 0.236 e. The Hall–Kier alpha value is -1.23. The second-order valence-corrected chi connectivity index (χ2v) is 3.77. The highest BCUT2D eigenvalue weighted by molar-refractivity contribution is 5.52. The van der Waals surface area contributed by atoms with E-state index in [0.29, 0.717) is 18.2 Å². The molecule has 0 fully saturated rings. The van der Waals surface area contributed by atoms with Crippen molar-refractivity contribution in [2.24, 2.45) is 0 Å². The van der Waals surface area contributed by atoms with Gasteiger partial charge in [0, 0.05) is 13.1 Å². The zero-order valence-electron chi connectivity index (χ0n) is 9.95. The van der Waals surface area contributed by atoms with Crippen LogP contribution in [0.4, 0.5) is 5.69 Å². The molecule has 0 unspecified atom stereocenters. The lowest BCUT2D eigenvalue weighted by molar-refractivity contribution is 0.243. The van der Waals surface area contributed by atoms with E-state index in [4.69, 9.17) is 10.5 Å². The standard InChI is InChI=1S/C10H20N4O/c1-5-14-10(9(11)8(2)12-14)15-7-6-13(3)4/h5-7,11H2,1-4H3. The summed E-state index contributed by atoms with van der Waals surface area (Å²) in [7, 11) is 4.02. The van der Waals surface area contributed by atoms with Crippen LogP contribution >= 0.6 is 0 Å². The molecule has 0 saturated carbocycles. The predicted octanol–water partition coefficient (Wildman–Crippen LogP) is 0.734. The minimum absolute atomic E-state index is 0.627. The third kappa shape index (κ3) is 2.86. The van der Waals surface area contributed by atoms with Gasteiger partial charge in [-0.3, -0.25) is 0 Å². The molecule has 1 heterocycles. The van der Waals surface area contributed by atoms with Crippen LogP contribution in [0.25, 0.3) is 0 Å². The van der Waals surface area contributed by atoms with E-state index in [1.54, 1.807) is 4.68 Å². The van der Waals surface area contributed by atoms with Crippen molar-refractivity contribution in [2.45, 2.75) is 20.4 Å². The number of rotatable bonds is 5. The quantitative estimate of drug-likeness (QED) is 0.782. The summed E-state index contributed by atoms with van der Waals surface area (Å²) < 4.78 is 7.42. The Labute approximate surface area is 90.8 Å². The van der Waals surface area contributed by atoms with E-state index in [2.05, 4.69) is 10.00 Å². The monoisotopic (exact) mass is 212 g/mol. The van der Waals surface area contributed by atoms with Crippen LogP contribution in [0.15, 0.2) is 0 Å². The van der Waals surface area contributed by atoms with Gasteiger partial charge in [0.05, 0.1) is 5.69 Å². The first-order chi connectivity index (χ1) is 7.06. The lowest BCUT2D eigenvalue weighted by Gasteiger charge is -2.12. The van der Waals surface area contributed by atoms with Crippen LogP contribution in [-0.4, -0.2) is 41.9 Å². The van der Waals surface area contributed by atoms with Crippen molar-refractivity contribution >= 4 is 5.69 Å². The fraction of sp³-hybridized carbons (Fsp3) is 0.700. The molecule has 1 aromatic heterocycles. The molecule has 0 aliphatic heterocycles. The molecule has 0 aromatic carbocycles. The van der Waals surface area contributed by atoms with E-state index in [-0.39, 0.29) is 0 Å². The average Bonchev–Trinajstić information content (AvgIpc) is 2.44. The third-order valence-electron chi connectivity index (χ3n) is 2.20. The molecule has 1 aromatic rings. The number of aryl methyl sites for hydroxylation is 2. The normalized spacial score (nSPS) is 11.0. The Bertz CT molecular complexity index is 319. The summed E-state index contributed by atoms with van der Waals surface area (Å²) in [4.78, 5) is 2.07. The minimum atomic E-state index is 0.627. The summed E-state index contributed by atoms with van der Waals surface area (Å²) in [5.41, 5.74) is 7.35. The van der Waals surface area contributed by atoms with Crippen LogP contribution in [0.2, 0.25) is 0 Å². The number of anilines is 1. The van der Waals surface area contributed by atoms with Gasteiger partial charge in [-0.1, -0.05) is 0 Å². The highest BCUT2D eigenvalue weighted by Gasteiger charge is 2.12. The number of hydrogen-bond donors (Lipinski definition) is 1. The first-order valence-corrected chi connectivity index (χ1v) is 5.16. The van der Waals surface area contributed by atoms with Crippen LogP contribution in [0.1, 0.15) is 12.6 Å². The Balaban J connectivity index is 2.66. The summed E-state index contributed by atoms with van der Waals surface area (Å²) in [5, 5.41) is 4.28. The van der Waals surface area contributed by atoms with Gasteiger partial charge in [-0.15, -0.1) is 0 Å². The van der Waals surface area contributed by atoms with E-state index < -0.39 is 0 Å². The van der Waals surface area contributed by atoms with Gasteiger partial charge in [0.15, 0.2) is 0 Å². The fourth-order valence-electron chi connectivity index (χ4n) is 1.27. The summed E-state index contributed by atoms with van der Waals surface area (Å²) in [6.07, 6.45) is 0. The van der Waals surface area contributed by atoms with Crippen LogP contribution < -0.4 is 10.5 Å². The molecular formula is C10H20N4O. The highest BCUT2D eigenvalue weighted by atomic mass is 16.5. The van der Waals surface area contributed by atoms with Crippen LogP contribution in [0.5, 0.6) is 5.88 Å². The molecule has 1 rings (SSSR count). The van der Waals surface area contributed by atoms with Gasteiger partial charge >= 0.3 is 0 Å². The first kappa shape index (κ1) is 11.8.